The van der Waals surface area contributed by atoms with Crippen LogP contribution in [0.2, 0.25) is 0 Å². The molecule has 0 radical (unpaired) electrons. The fraction of sp³-hybridized carbons (Fsp3) is 0.500. The molecule has 6 nitrogen and oxygen atoms in total. The summed E-state index contributed by atoms with van der Waals surface area (Å²) in [5.74, 6) is 0.912. The number of benzene rings is 1. The first-order chi connectivity index (χ1) is 10.5. The number of hydrogen-bond donors (Lipinski definition) is 0. The van der Waals surface area contributed by atoms with Crippen LogP contribution < -0.4 is 9.47 Å². The topological polar surface area (TPSA) is 65.1 Å². The molecule has 1 aromatic carbocycles. The highest BCUT2D eigenvalue weighted by molar-refractivity contribution is 5.94. The van der Waals surface area contributed by atoms with Crippen LogP contribution >= 0.6 is 0 Å². The van der Waals surface area contributed by atoms with Crippen molar-refractivity contribution in [3.8, 4) is 11.5 Å². The lowest BCUT2D eigenvalue weighted by Gasteiger charge is -2.12. The second kappa shape index (κ2) is 8.92. The molecule has 1 aliphatic rings. The lowest BCUT2D eigenvalue weighted by molar-refractivity contribution is -0.127. The molecule has 0 spiro atoms. The number of rotatable bonds is 4. The van der Waals surface area contributed by atoms with Gasteiger partial charge in [0.15, 0.2) is 0 Å². The summed E-state index contributed by atoms with van der Waals surface area (Å²) < 4.78 is 15.0. The van der Waals surface area contributed by atoms with Crippen molar-refractivity contribution in [3.63, 3.8) is 0 Å². The number of hydrogen-bond acceptors (Lipinski definition) is 5. The van der Waals surface area contributed by atoms with Crippen molar-refractivity contribution >= 4 is 12.0 Å². The van der Waals surface area contributed by atoms with Gasteiger partial charge in [0.2, 0.25) is 5.91 Å². The average Bonchev–Trinajstić information content (AvgIpc) is 2.93. The highest BCUT2D eigenvalue weighted by atomic mass is 16.6. The standard InChI is InChI=1S/C13H15NO5.C3H8/c1-17-10-5-9(6-11(8-10)18-2)7-12(15)14-3-4-19-13(14)16;1-3-2/h5-6,8H,3-4,7H2,1-2H3;3H2,1-2H3. The maximum Gasteiger partial charge on any atom is 0.416 e. The number of ether oxygens (including phenoxy) is 3. The SMILES string of the molecule is CCC.COc1cc(CC(=O)N2CCOC2=O)cc(OC)c1. The summed E-state index contributed by atoms with van der Waals surface area (Å²) in [6.07, 6.45) is 0.766. The predicted octanol–water partition coefficient (Wildman–Crippen LogP) is 2.64. The van der Waals surface area contributed by atoms with Gasteiger partial charge in [-0.15, -0.1) is 0 Å². The van der Waals surface area contributed by atoms with E-state index in [1.165, 1.54) is 20.6 Å². The van der Waals surface area contributed by atoms with Gasteiger partial charge in [0.05, 0.1) is 27.2 Å². The zero-order valence-electron chi connectivity index (χ0n) is 13.5. The molecule has 1 saturated heterocycles. The minimum atomic E-state index is -0.583. The highest BCUT2D eigenvalue weighted by Gasteiger charge is 2.28. The Kier molecular flexibility index (Phi) is 7.22. The summed E-state index contributed by atoms with van der Waals surface area (Å²) in [7, 11) is 3.08. The third-order valence-corrected chi connectivity index (χ3v) is 2.83. The van der Waals surface area contributed by atoms with Crippen LogP contribution in [0.1, 0.15) is 25.8 Å². The van der Waals surface area contributed by atoms with Crippen molar-refractivity contribution in [1.82, 2.24) is 4.90 Å². The van der Waals surface area contributed by atoms with E-state index >= 15 is 0 Å². The number of imide groups is 1. The number of methoxy groups -OCH3 is 2. The normalized spacial score (nSPS) is 13.1. The molecule has 122 valence electrons. The van der Waals surface area contributed by atoms with Crippen molar-refractivity contribution in [3.05, 3.63) is 23.8 Å². The van der Waals surface area contributed by atoms with Gasteiger partial charge >= 0.3 is 6.09 Å². The Morgan fingerprint density at radius 2 is 1.73 bits per heavy atom. The van der Waals surface area contributed by atoms with Gasteiger partial charge in [-0.2, -0.15) is 0 Å². The van der Waals surface area contributed by atoms with E-state index < -0.39 is 6.09 Å². The van der Waals surface area contributed by atoms with Crippen LogP contribution in [0.4, 0.5) is 4.79 Å². The van der Waals surface area contributed by atoms with Crippen molar-refractivity contribution in [2.45, 2.75) is 26.7 Å². The van der Waals surface area contributed by atoms with Crippen molar-refractivity contribution < 1.29 is 23.8 Å². The molecule has 0 bridgehead atoms. The molecule has 0 saturated carbocycles. The van der Waals surface area contributed by atoms with Crippen molar-refractivity contribution in [1.29, 1.82) is 0 Å². The first-order valence-corrected chi connectivity index (χ1v) is 7.24. The Bertz CT molecular complexity index is 493. The van der Waals surface area contributed by atoms with Crippen LogP contribution in [-0.2, 0) is 16.0 Å². The molecular weight excluding hydrogens is 286 g/mol. The van der Waals surface area contributed by atoms with Crippen molar-refractivity contribution in [2.75, 3.05) is 27.4 Å². The number of amides is 2. The van der Waals surface area contributed by atoms with Gasteiger partial charge in [-0.25, -0.2) is 9.69 Å². The molecule has 1 heterocycles. The quantitative estimate of drug-likeness (QED) is 0.855. The molecular formula is C16H23NO5. The largest absolute Gasteiger partial charge is 0.497 e. The van der Waals surface area contributed by atoms with Crippen molar-refractivity contribution in [2.24, 2.45) is 0 Å². The number of carbonyl (C=O) groups excluding carboxylic acids is 2. The summed E-state index contributed by atoms with van der Waals surface area (Å²) >= 11 is 0. The van der Waals surface area contributed by atoms with E-state index in [9.17, 15) is 9.59 Å². The minimum absolute atomic E-state index is 0.0999. The Balaban J connectivity index is 0.000000745. The predicted molar refractivity (Wildman–Crippen MR) is 82.3 cm³/mol. The first-order valence-electron chi connectivity index (χ1n) is 7.24. The molecule has 0 unspecified atom stereocenters. The molecule has 0 aromatic heterocycles. The zero-order chi connectivity index (χ0) is 16.5. The first kappa shape index (κ1) is 17.8. The Labute approximate surface area is 131 Å². The molecule has 1 fully saturated rings. The monoisotopic (exact) mass is 309 g/mol. The van der Waals surface area contributed by atoms with Crippen LogP contribution in [0, 0.1) is 0 Å². The third-order valence-electron chi connectivity index (χ3n) is 2.83. The van der Waals surface area contributed by atoms with Gasteiger partial charge < -0.3 is 14.2 Å². The van der Waals surface area contributed by atoms with Gasteiger partial charge in [0, 0.05) is 6.07 Å². The van der Waals surface area contributed by atoms with Crippen LogP contribution in [-0.4, -0.2) is 44.3 Å². The van der Waals surface area contributed by atoms with Gasteiger partial charge in [-0.05, 0) is 17.7 Å². The fourth-order valence-corrected chi connectivity index (χ4v) is 1.86. The minimum Gasteiger partial charge on any atom is -0.497 e. The fourth-order valence-electron chi connectivity index (χ4n) is 1.86. The molecule has 1 aliphatic heterocycles. The molecule has 1 aromatic rings. The van der Waals surface area contributed by atoms with Gasteiger partial charge in [0.25, 0.3) is 0 Å². The molecule has 6 heteroatoms. The van der Waals surface area contributed by atoms with Crippen LogP contribution in [0.25, 0.3) is 0 Å². The van der Waals surface area contributed by atoms with E-state index in [2.05, 4.69) is 13.8 Å². The summed E-state index contributed by atoms with van der Waals surface area (Å²) in [5.41, 5.74) is 0.723. The molecule has 2 rings (SSSR count). The maximum atomic E-state index is 12.0. The summed E-state index contributed by atoms with van der Waals surface area (Å²) in [4.78, 5) is 24.4. The molecule has 22 heavy (non-hydrogen) atoms. The second-order valence-electron chi connectivity index (χ2n) is 4.76. The molecule has 0 aliphatic carbocycles. The van der Waals surface area contributed by atoms with Gasteiger partial charge in [-0.1, -0.05) is 20.3 Å². The average molecular weight is 309 g/mol. The molecule has 0 N–H and O–H groups in total. The van der Waals surface area contributed by atoms with E-state index in [0.29, 0.717) is 18.0 Å². The van der Waals surface area contributed by atoms with E-state index in [1.807, 2.05) is 0 Å². The molecule has 0 atom stereocenters. The zero-order valence-corrected chi connectivity index (χ0v) is 13.5. The van der Waals surface area contributed by atoms with E-state index in [0.717, 1.165) is 10.5 Å². The van der Waals surface area contributed by atoms with Crippen LogP contribution in [0.3, 0.4) is 0 Å². The third kappa shape index (κ3) is 4.95. The van der Waals surface area contributed by atoms with Crippen LogP contribution in [0.5, 0.6) is 11.5 Å². The lowest BCUT2D eigenvalue weighted by atomic mass is 10.1. The van der Waals surface area contributed by atoms with E-state index in [4.69, 9.17) is 14.2 Å². The second-order valence-corrected chi connectivity index (χ2v) is 4.76. The summed E-state index contributed by atoms with van der Waals surface area (Å²) in [6.45, 7) is 4.81. The summed E-state index contributed by atoms with van der Waals surface area (Å²) in [5, 5.41) is 0. The van der Waals surface area contributed by atoms with E-state index in [-0.39, 0.29) is 18.9 Å². The highest BCUT2D eigenvalue weighted by Crippen LogP contribution is 2.23. The number of cyclic esters (lactones) is 1. The maximum absolute atomic E-state index is 12.0. The number of carbonyl (C=O) groups is 2. The summed E-state index contributed by atoms with van der Waals surface area (Å²) in [6, 6.07) is 5.20. The number of nitrogens with zero attached hydrogens (tertiary/aromatic N) is 1. The van der Waals surface area contributed by atoms with Crippen LogP contribution in [0.15, 0.2) is 18.2 Å². The Morgan fingerprint density at radius 1 is 1.18 bits per heavy atom. The Morgan fingerprint density at radius 3 is 2.14 bits per heavy atom. The van der Waals surface area contributed by atoms with E-state index in [1.54, 1.807) is 18.2 Å². The smallest absolute Gasteiger partial charge is 0.416 e. The Hall–Kier alpha value is -2.24. The molecule has 2 amide bonds. The van der Waals surface area contributed by atoms with Gasteiger partial charge in [-0.3, -0.25) is 4.79 Å². The van der Waals surface area contributed by atoms with Gasteiger partial charge in [0.1, 0.15) is 18.1 Å². The lowest BCUT2D eigenvalue weighted by Crippen LogP contribution is -2.32.